The molecule has 0 unspecified atom stereocenters. The lowest BCUT2D eigenvalue weighted by molar-refractivity contribution is 0.413. The first-order valence-electron chi connectivity index (χ1n) is 4.39. The second-order valence-corrected chi connectivity index (χ2v) is 3.24. The monoisotopic (exact) mass is 149 g/mol. The van der Waals surface area contributed by atoms with Crippen LogP contribution in [-0.4, -0.2) is 5.71 Å². The molecule has 1 fully saturated rings. The van der Waals surface area contributed by atoms with Crippen LogP contribution in [-0.2, 0) is 0 Å². The number of rotatable bonds is 2. The van der Waals surface area contributed by atoms with E-state index < -0.39 is 0 Å². The van der Waals surface area contributed by atoms with Crippen molar-refractivity contribution in [3.63, 3.8) is 0 Å². The Morgan fingerprint density at radius 2 is 2.36 bits per heavy atom. The summed E-state index contributed by atoms with van der Waals surface area (Å²) in [6, 6.07) is 0. The molecule has 0 spiro atoms. The van der Waals surface area contributed by atoms with Crippen LogP contribution in [0.25, 0.3) is 0 Å². The average molecular weight is 149 g/mol. The predicted octanol–water partition coefficient (Wildman–Crippen LogP) is 2.05. The molecule has 2 nitrogen and oxygen atoms in total. The van der Waals surface area contributed by atoms with E-state index in [-0.39, 0.29) is 0 Å². The zero-order valence-corrected chi connectivity index (χ0v) is 6.88. The summed E-state index contributed by atoms with van der Waals surface area (Å²) in [7, 11) is 0. The minimum Gasteiger partial charge on any atom is -0.159 e. The lowest BCUT2D eigenvalue weighted by Gasteiger charge is -2.25. The zero-order valence-electron chi connectivity index (χ0n) is 6.88. The molecular formula is C9H13N2. The highest BCUT2D eigenvalue weighted by Crippen LogP contribution is 2.32. The smallest absolute Gasteiger partial charge is 0.0709 e. The molecule has 1 aliphatic carbocycles. The molecule has 0 atom stereocenters. The highest BCUT2D eigenvalue weighted by Gasteiger charge is 2.27. The molecule has 2 heteroatoms. The summed E-state index contributed by atoms with van der Waals surface area (Å²) >= 11 is 0. The summed E-state index contributed by atoms with van der Waals surface area (Å²) in [5.41, 5.74) is 6.58. The van der Waals surface area contributed by atoms with E-state index in [0.717, 1.165) is 12.3 Å². The summed E-state index contributed by atoms with van der Waals surface area (Å²) in [4.78, 5) is 0. The normalized spacial score (nSPS) is 23.7. The van der Waals surface area contributed by atoms with Crippen molar-refractivity contribution in [1.82, 2.24) is 5.43 Å². The van der Waals surface area contributed by atoms with Gasteiger partial charge in [-0.2, -0.15) is 10.5 Å². The van der Waals surface area contributed by atoms with Gasteiger partial charge in [0.25, 0.3) is 0 Å². The van der Waals surface area contributed by atoms with E-state index in [1.165, 1.54) is 30.5 Å². The lowest BCUT2D eigenvalue weighted by atomic mass is 9.79. The van der Waals surface area contributed by atoms with Crippen LogP contribution >= 0.6 is 0 Å². The summed E-state index contributed by atoms with van der Waals surface area (Å²) in [5, 5.41) is 4.16. The molecule has 0 bridgehead atoms. The third kappa shape index (κ3) is 1.06. The first-order valence-corrected chi connectivity index (χ1v) is 4.39. The molecule has 0 amide bonds. The van der Waals surface area contributed by atoms with Gasteiger partial charge in [-0.15, -0.1) is 0 Å². The van der Waals surface area contributed by atoms with Crippen LogP contribution in [0, 0.1) is 5.92 Å². The van der Waals surface area contributed by atoms with E-state index in [9.17, 15) is 0 Å². The fraction of sp³-hybridized carbons (Fsp3) is 0.667. The van der Waals surface area contributed by atoms with Crippen molar-refractivity contribution in [1.29, 1.82) is 0 Å². The van der Waals surface area contributed by atoms with Gasteiger partial charge in [-0.3, -0.25) is 0 Å². The zero-order chi connectivity index (χ0) is 7.68. The van der Waals surface area contributed by atoms with E-state index in [0.29, 0.717) is 0 Å². The molecule has 1 aliphatic heterocycles. The minimum atomic E-state index is 0.743. The number of hydrogen-bond donors (Lipinski definition) is 0. The highest BCUT2D eigenvalue weighted by molar-refractivity contribution is 6.03. The molecule has 59 valence electrons. The molecule has 0 N–H and O–H groups in total. The molecule has 0 saturated heterocycles. The molecule has 0 aromatic carbocycles. The van der Waals surface area contributed by atoms with Crippen molar-refractivity contribution < 1.29 is 0 Å². The van der Waals surface area contributed by atoms with E-state index in [1.54, 1.807) is 0 Å². The van der Waals surface area contributed by atoms with Crippen molar-refractivity contribution in [2.45, 2.75) is 32.6 Å². The Morgan fingerprint density at radius 1 is 1.55 bits per heavy atom. The SMILES string of the molecule is CCC1=C[N]N=C1C1CCC1. The maximum absolute atomic E-state index is 4.16. The van der Waals surface area contributed by atoms with Crippen LogP contribution in [0.1, 0.15) is 32.6 Å². The van der Waals surface area contributed by atoms with Crippen LogP contribution in [0.3, 0.4) is 0 Å². The summed E-state index contributed by atoms with van der Waals surface area (Å²) in [6.07, 6.45) is 7.02. The first-order chi connectivity index (χ1) is 5.42. The summed E-state index contributed by atoms with van der Waals surface area (Å²) in [5.74, 6) is 0.743. The topological polar surface area (TPSA) is 26.5 Å². The Bertz CT molecular complexity index is 212. The molecule has 0 aromatic rings. The number of nitrogens with zero attached hydrogens (tertiary/aromatic N) is 2. The van der Waals surface area contributed by atoms with E-state index in [2.05, 4.69) is 17.5 Å². The fourth-order valence-corrected chi connectivity index (χ4v) is 1.59. The van der Waals surface area contributed by atoms with E-state index >= 15 is 0 Å². The Balaban J connectivity index is 2.07. The third-order valence-corrected chi connectivity index (χ3v) is 2.58. The molecule has 1 saturated carbocycles. The lowest BCUT2D eigenvalue weighted by Crippen LogP contribution is -2.22. The summed E-state index contributed by atoms with van der Waals surface area (Å²) in [6.45, 7) is 2.17. The van der Waals surface area contributed by atoms with E-state index in [4.69, 9.17) is 0 Å². The maximum Gasteiger partial charge on any atom is 0.0709 e. The molecule has 1 heterocycles. The van der Waals surface area contributed by atoms with Crippen molar-refractivity contribution in [3.05, 3.63) is 11.8 Å². The van der Waals surface area contributed by atoms with Crippen molar-refractivity contribution in [2.24, 2.45) is 11.0 Å². The van der Waals surface area contributed by atoms with Gasteiger partial charge in [0, 0.05) is 5.92 Å². The average Bonchev–Trinajstić information content (AvgIpc) is 2.32. The van der Waals surface area contributed by atoms with Gasteiger partial charge in [-0.1, -0.05) is 13.3 Å². The molecule has 1 radical (unpaired) electrons. The van der Waals surface area contributed by atoms with Gasteiger partial charge in [0.1, 0.15) is 0 Å². The maximum atomic E-state index is 4.16. The number of hydrogen-bond acceptors (Lipinski definition) is 1. The van der Waals surface area contributed by atoms with Crippen LogP contribution in [0.15, 0.2) is 16.9 Å². The molecule has 2 rings (SSSR count). The van der Waals surface area contributed by atoms with Gasteiger partial charge < -0.3 is 0 Å². The number of allylic oxidation sites excluding steroid dienone is 1. The van der Waals surface area contributed by atoms with Crippen LogP contribution in [0.2, 0.25) is 0 Å². The Labute approximate surface area is 67.4 Å². The highest BCUT2D eigenvalue weighted by atomic mass is 15.3. The van der Waals surface area contributed by atoms with Gasteiger partial charge in [0.05, 0.1) is 11.9 Å². The van der Waals surface area contributed by atoms with Crippen molar-refractivity contribution >= 4 is 5.71 Å². The predicted molar refractivity (Wildman–Crippen MR) is 45.3 cm³/mol. The van der Waals surface area contributed by atoms with Crippen molar-refractivity contribution in [2.75, 3.05) is 0 Å². The van der Waals surface area contributed by atoms with Gasteiger partial charge in [0.2, 0.25) is 0 Å². The Hall–Kier alpha value is -0.790. The van der Waals surface area contributed by atoms with Crippen LogP contribution in [0.4, 0.5) is 0 Å². The Morgan fingerprint density at radius 3 is 2.91 bits per heavy atom. The van der Waals surface area contributed by atoms with Gasteiger partial charge >= 0.3 is 0 Å². The molecule has 11 heavy (non-hydrogen) atoms. The van der Waals surface area contributed by atoms with Gasteiger partial charge in [0.15, 0.2) is 0 Å². The summed E-state index contributed by atoms with van der Waals surface area (Å²) < 4.78 is 0. The minimum absolute atomic E-state index is 0.743. The van der Waals surface area contributed by atoms with Crippen LogP contribution < -0.4 is 5.43 Å². The quantitative estimate of drug-likeness (QED) is 0.574. The second-order valence-electron chi connectivity index (χ2n) is 3.24. The molecular weight excluding hydrogens is 136 g/mol. The molecule has 2 aliphatic rings. The van der Waals surface area contributed by atoms with Crippen molar-refractivity contribution in [3.8, 4) is 0 Å². The first kappa shape index (κ1) is 6.89. The largest absolute Gasteiger partial charge is 0.159 e. The standard InChI is InChI=1S/C9H13N2/c1-2-7-6-10-11-9(7)8-4-3-5-8/h6,8H,2-5H2,1H3. The third-order valence-electron chi connectivity index (χ3n) is 2.58. The Kier molecular flexibility index (Phi) is 1.68. The van der Waals surface area contributed by atoms with Gasteiger partial charge in [-0.25, -0.2) is 0 Å². The second kappa shape index (κ2) is 2.68. The molecule has 0 aromatic heterocycles. The van der Waals surface area contributed by atoms with E-state index in [1.807, 2.05) is 6.20 Å². The van der Waals surface area contributed by atoms with Crippen LogP contribution in [0.5, 0.6) is 0 Å². The fourth-order valence-electron chi connectivity index (χ4n) is 1.59. The van der Waals surface area contributed by atoms with Gasteiger partial charge in [-0.05, 0) is 24.8 Å².